The quantitative estimate of drug-likeness (QED) is 0.0314. The number of imidazole rings is 1. The van der Waals surface area contributed by atoms with Crippen LogP contribution in [0.1, 0.15) is 53.6 Å². The summed E-state index contributed by atoms with van der Waals surface area (Å²) in [5.74, 6) is 0.297. The number of hydrogen-bond acceptors (Lipinski definition) is 15. The van der Waals surface area contributed by atoms with Gasteiger partial charge < -0.3 is 28.5 Å². The number of rotatable bonds is 19. The fourth-order valence-electron chi connectivity index (χ4n) is 5.16. The van der Waals surface area contributed by atoms with Crippen molar-refractivity contribution in [2.45, 2.75) is 52.5 Å². The number of nitrogens with zero attached hydrogens (tertiary/aromatic N) is 8. The van der Waals surface area contributed by atoms with Gasteiger partial charge in [0.25, 0.3) is 10.2 Å². The highest BCUT2D eigenvalue weighted by atomic mass is 35.5. The first-order valence-corrected chi connectivity index (χ1v) is 16.9. The van der Waals surface area contributed by atoms with Gasteiger partial charge in [0.05, 0.1) is 13.2 Å². The molecule has 2 heterocycles. The molecule has 0 N–H and O–H groups in total. The molecule has 0 aliphatic carbocycles. The molecule has 0 fully saturated rings. The predicted molar refractivity (Wildman–Crippen MR) is 187 cm³/mol. The Labute approximate surface area is 311 Å². The zero-order valence-corrected chi connectivity index (χ0v) is 29.5. The van der Waals surface area contributed by atoms with Crippen LogP contribution < -0.4 is 4.74 Å². The highest BCUT2D eigenvalue weighted by molar-refractivity contribution is 6.32. The lowest BCUT2D eigenvalue weighted by atomic mass is 9.98. The van der Waals surface area contributed by atoms with Crippen molar-refractivity contribution in [3.05, 3.63) is 121 Å². The van der Waals surface area contributed by atoms with Gasteiger partial charge in [-0.2, -0.15) is 0 Å². The molecule has 0 amide bonds. The molecule has 0 saturated heterocycles. The number of tetrazole rings is 1. The smallest absolute Gasteiger partial charge is 0.461 e. The lowest BCUT2D eigenvalue weighted by molar-refractivity contribution is -0.763. The third-order valence-electron chi connectivity index (χ3n) is 7.63. The summed E-state index contributed by atoms with van der Waals surface area (Å²) in [7, 11) is 0. The highest BCUT2D eigenvalue weighted by Gasteiger charge is 2.24. The molecule has 54 heavy (non-hydrogen) atoms. The number of carbonyl (C=O) groups excluding carboxylic acids is 2. The summed E-state index contributed by atoms with van der Waals surface area (Å²) in [5, 5.41) is 31.5. The van der Waals surface area contributed by atoms with Crippen molar-refractivity contribution in [1.82, 2.24) is 29.8 Å². The monoisotopic (exact) mass is 764 g/mol. The van der Waals surface area contributed by atoms with Gasteiger partial charge >= 0.3 is 12.1 Å². The molecule has 0 unspecified atom stereocenters. The Morgan fingerprint density at radius 1 is 0.870 bits per heavy atom. The van der Waals surface area contributed by atoms with Gasteiger partial charge in [0, 0.05) is 24.9 Å². The third kappa shape index (κ3) is 10.7. The summed E-state index contributed by atoms with van der Waals surface area (Å²) in [6.45, 7) is 1.28. The van der Waals surface area contributed by atoms with E-state index in [2.05, 4.69) is 30.1 Å². The Hall–Kier alpha value is -6.63. The zero-order valence-electron chi connectivity index (χ0n) is 28.7. The fourth-order valence-corrected chi connectivity index (χ4v) is 5.44. The van der Waals surface area contributed by atoms with Crippen LogP contribution in [0.3, 0.4) is 0 Å². The van der Waals surface area contributed by atoms with Gasteiger partial charge in [0.1, 0.15) is 18.2 Å². The number of hydrogen-bond donors (Lipinski definition) is 0. The second-order valence-electron chi connectivity index (χ2n) is 11.4. The maximum Gasteiger partial charge on any atom is 0.515 e. The number of esters is 1. The van der Waals surface area contributed by atoms with Crippen molar-refractivity contribution < 1.29 is 43.6 Å². The molecule has 0 bridgehead atoms. The summed E-state index contributed by atoms with van der Waals surface area (Å²) < 4.78 is 17.3. The van der Waals surface area contributed by atoms with Gasteiger partial charge in [-0.15, -0.1) is 35.2 Å². The van der Waals surface area contributed by atoms with Crippen molar-refractivity contribution in [3.8, 4) is 28.3 Å². The Balaban J connectivity index is 1.25. The van der Waals surface area contributed by atoms with Crippen LogP contribution in [0.5, 0.6) is 5.75 Å². The molecule has 5 rings (SSSR count). The average Bonchev–Trinajstić information content (AvgIpc) is 3.76. The molecule has 0 radical (unpaired) electrons. The SMILES string of the molecule is CCCCc1nc(Cl)c(C(=O)OCCCO[N+](=O)[O-])n1Cc1ccc(-c2ccccc2-c2nnn(COC(=O)Oc3cccc(CO[N+](=O)[O-])c3)n2)cc1. The summed E-state index contributed by atoms with van der Waals surface area (Å²) in [4.78, 5) is 60.3. The fraction of sp³-hybridized carbons (Fsp3) is 0.294. The number of unbranched alkanes of at least 4 members (excludes halogenated alkanes) is 1. The molecule has 0 spiro atoms. The molecule has 0 atom stereocenters. The van der Waals surface area contributed by atoms with Gasteiger partial charge in [-0.05, 0) is 46.0 Å². The van der Waals surface area contributed by atoms with E-state index in [0.29, 0.717) is 23.4 Å². The van der Waals surface area contributed by atoms with E-state index in [4.69, 9.17) is 25.8 Å². The molecule has 2 aromatic heterocycles. The Kier molecular flexibility index (Phi) is 13.4. The minimum absolute atomic E-state index is 0.00811. The lowest BCUT2D eigenvalue weighted by Crippen LogP contribution is -2.17. The van der Waals surface area contributed by atoms with Gasteiger partial charge in [0.15, 0.2) is 10.8 Å². The maximum atomic E-state index is 13.1. The molecular formula is C34H33ClN8O11. The largest absolute Gasteiger partial charge is 0.515 e. The number of benzene rings is 3. The van der Waals surface area contributed by atoms with Crippen LogP contribution in [0.2, 0.25) is 5.15 Å². The van der Waals surface area contributed by atoms with E-state index >= 15 is 0 Å². The van der Waals surface area contributed by atoms with Crippen LogP contribution in [0.15, 0.2) is 72.8 Å². The number of carbonyl (C=O) groups is 2. The van der Waals surface area contributed by atoms with Crippen LogP contribution in [0.4, 0.5) is 4.79 Å². The van der Waals surface area contributed by atoms with E-state index in [-0.39, 0.29) is 55.2 Å². The highest BCUT2D eigenvalue weighted by Crippen LogP contribution is 2.30. The van der Waals surface area contributed by atoms with E-state index in [1.807, 2.05) is 55.5 Å². The first kappa shape index (κ1) is 38.6. The molecule has 20 heteroatoms. The van der Waals surface area contributed by atoms with Gasteiger partial charge in [0.2, 0.25) is 12.6 Å². The molecule has 0 aliphatic rings. The van der Waals surface area contributed by atoms with Gasteiger partial charge in [-0.1, -0.05) is 85.6 Å². The lowest BCUT2D eigenvalue weighted by Gasteiger charge is -2.13. The van der Waals surface area contributed by atoms with Crippen LogP contribution in [-0.2, 0) is 45.5 Å². The van der Waals surface area contributed by atoms with Crippen molar-refractivity contribution in [2.75, 3.05) is 13.2 Å². The first-order valence-electron chi connectivity index (χ1n) is 16.5. The van der Waals surface area contributed by atoms with Crippen LogP contribution in [0.25, 0.3) is 22.5 Å². The zero-order chi connectivity index (χ0) is 38.5. The molecule has 19 nitrogen and oxygen atoms in total. The normalized spacial score (nSPS) is 10.8. The van der Waals surface area contributed by atoms with Crippen LogP contribution in [0, 0.1) is 20.2 Å². The van der Waals surface area contributed by atoms with Crippen molar-refractivity contribution in [2.24, 2.45) is 0 Å². The number of aryl methyl sites for hydroxylation is 1. The Bertz CT molecular complexity index is 2090. The van der Waals surface area contributed by atoms with E-state index in [1.165, 1.54) is 12.1 Å². The minimum atomic E-state index is -1.05. The number of aromatic nitrogens is 6. The van der Waals surface area contributed by atoms with E-state index < -0.39 is 29.0 Å². The number of halogens is 1. The van der Waals surface area contributed by atoms with E-state index in [0.717, 1.165) is 34.3 Å². The molecule has 0 saturated carbocycles. The minimum Gasteiger partial charge on any atom is -0.461 e. The second kappa shape index (κ2) is 18.7. The predicted octanol–water partition coefficient (Wildman–Crippen LogP) is 5.88. The van der Waals surface area contributed by atoms with E-state index in [1.54, 1.807) is 16.7 Å². The Morgan fingerprint density at radius 2 is 1.63 bits per heavy atom. The molecule has 282 valence electrons. The van der Waals surface area contributed by atoms with Crippen molar-refractivity contribution >= 4 is 23.7 Å². The van der Waals surface area contributed by atoms with Gasteiger partial charge in [-0.3, -0.25) is 0 Å². The maximum absolute atomic E-state index is 13.1. The van der Waals surface area contributed by atoms with Gasteiger partial charge in [-0.25, -0.2) is 14.6 Å². The first-order chi connectivity index (χ1) is 26.1. The van der Waals surface area contributed by atoms with Crippen LogP contribution >= 0.6 is 11.6 Å². The molecule has 0 aliphatic heterocycles. The molecule has 5 aromatic rings. The third-order valence-corrected chi connectivity index (χ3v) is 7.89. The molecule has 3 aromatic carbocycles. The average molecular weight is 765 g/mol. The summed E-state index contributed by atoms with van der Waals surface area (Å²) in [6.07, 6.45) is 1.39. The standard InChI is InChI=1S/C34H33ClN8O11/c1-2-3-12-29-36-31(35)30(33(44)50-17-7-18-52-42(46)47)40(29)20-23-13-15-25(16-14-23)27-10-4-5-11-28(27)32-37-39-41(38-32)22-51-34(45)54-26-9-6-8-24(19-26)21-53-43(48)49/h4-6,8-11,13-16,19H,2-3,7,12,17-18,20-22H2,1H3. The summed E-state index contributed by atoms with van der Waals surface area (Å²) >= 11 is 6.43. The van der Waals surface area contributed by atoms with Crippen molar-refractivity contribution in [1.29, 1.82) is 0 Å². The number of ether oxygens (including phenoxy) is 3. The van der Waals surface area contributed by atoms with Crippen LogP contribution in [-0.4, -0.2) is 65.3 Å². The van der Waals surface area contributed by atoms with Crippen molar-refractivity contribution in [3.63, 3.8) is 0 Å². The van der Waals surface area contributed by atoms with E-state index in [9.17, 15) is 29.8 Å². The topological polar surface area (TPSA) is 228 Å². The second-order valence-corrected chi connectivity index (χ2v) is 11.8. The molecular weight excluding hydrogens is 732 g/mol. The Morgan fingerprint density at radius 3 is 2.37 bits per heavy atom. The summed E-state index contributed by atoms with van der Waals surface area (Å²) in [6, 6.07) is 21.0. The summed E-state index contributed by atoms with van der Waals surface area (Å²) in [5.41, 5.74) is 3.64.